The molecule has 2 aromatic rings. The summed E-state index contributed by atoms with van der Waals surface area (Å²) in [7, 11) is 0. The number of ether oxygens (including phenoxy) is 2. The Morgan fingerprint density at radius 2 is 1.73 bits per heavy atom. The first-order valence-electron chi connectivity index (χ1n) is 9.00. The second-order valence-corrected chi connectivity index (χ2v) is 6.59. The quantitative estimate of drug-likeness (QED) is 0.548. The zero-order valence-corrected chi connectivity index (χ0v) is 16.1. The van der Waals surface area contributed by atoms with Crippen molar-refractivity contribution in [2.75, 3.05) is 18.5 Å². The van der Waals surface area contributed by atoms with Crippen LogP contribution in [0.3, 0.4) is 0 Å². The van der Waals surface area contributed by atoms with Gasteiger partial charge in [-0.1, -0.05) is 37.8 Å². The highest BCUT2D eigenvalue weighted by molar-refractivity contribution is 6.31. The van der Waals surface area contributed by atoms with Crippen molar-refractivity contribution in [2.24, 2.45) is 0 Å². The van der Waals surface area contributed by atoms with Gasteiger partial charge in [-0.25, -0.2) is 0 Å². The van der Waals surface area contributed by atoms with Gasteiger partial charge >= 0.3 is 0 Å². The van der Waals surface area contributed by atoms with Crippen LogP contribution >= 0.6 is 11.6 Å². The van der Waals surface area contributed by atoms with Crippen molar-refractivity contribution in [1.29, 1.82) is 0 Å². The maximum Gasteiger partial charge on any atom is 0.262 e. The third-order valence-electron chi connectivity index (χ3n) is 3.90. The minimum atomic E-state index is -0.217. The molecule has 0 aromatic heterocycles. The van der Waals surface area contributed by atoms with Gasteiger partial charge < -0.3 is 14.8 Å². The molecule has 0 fully saturated rings. The second-order valence-electron chi connectivity index (χ2n) is 6.18. The van der Waals surface area contributed by atoms with Crippen LogP contribution in [0, 0.1) is 6.92 Å². The second kappa shape index (κ2) is 10.7. The number of carbonyl (C=O) groups is 1. The van der Waals surface area contributed by atoms with E-state index in [0.29, 0.717) is 16.5 Å². The lowest BCUT2D eigenvalue weighted by Crippen LogP contribution is -2.20. The van der Waals surface area contributed by atoms with E-state index in [1.165, 1.54) is 19.3 Å². The minimum absolute atomic E-state index is 0.0588. The molecule has 26 heavy (non-hydrogen) atoms. The van der Waals surface area contributed by atoms with E-state index < -0.39 is 0 Å². The number of hydrogen-bond acceptors (Lipinski definition) is 3. The number of anilines is 1. The molecule has 4 nitrogen and oxygen atoms in total. The van der Waals surface area contributed by atoms with Gasteiger partial charge in [-0.2, -0.15) is 0 Å². The molecule has 0 saturated carbocycles. The maximum absolute atomic E-state index is 12.0. The predicted octanol–water partition coefficient (Wildman–Crippen LogP) is 5.63. The molecule has 1 N–H and O–H groups in total. The first-order chi connectivity index (χ1) is 12.6. The molecule has 140 valence electrons. The Balaban J connectivity index is 1.73. The highest BCUT2D eigenvalue weighted by Crippen LogP contribution is 2.21. The van der Waals surface area contributed by atoms with Gasteiger partial charge in [0.25, 0.3) is 5.91 Å². The van der Waals surface area contributed by atoms with E-state index in [9.17, 15) is 4.79 Å². The van der Waals surface area contributed by atoms with Crippen LogP contribution in [0.15, 0.2) is 42.5 Å². The summed E-state index contributed by atoms with van der Waals surface area (Å²) in [6.45, 7) is 4.74. The Bertz CT molecular complexity index is 701. The predicted molar refractivity (Wildman–Crippen MR) is 106 cm³/mol. The summed E-state index contributed by atoms with van der Waals surface area (Å²) in [6.07, 6.45) is 4.72. The Labute approximate surface area is 160 Å². The molecule has 0 radical (unpaired) electrons. The summed E-state index contributed by atoms with van der Waals surface area (Å²) >= 11 is 5.97. The van der Waals surface area contributed by atoms with Gasteiger partial charge in [0, 0.05) is 10.7 Å². The lowest BCUT2D eigenvalue weighted by molar-refractivity contribution is -0.118. The lowest BCUT2D eigenvalue weighted by Gasteiger charge is -2.10. The summed E-state index contributed by atoms with van der Waals surface area (Å²) < 4.78 is 11.2. The van der Waals surface area contributed by atoms with Crippen molar-refractivity contribution >= 4 is 23.2 Å². The number of unbranched alkanes of at least 4 members (excludes halogenated alkanes) is 3. The number of rotatable bonds is 10. The number of nitrogens with one attached hydrogen (secondary N) is 1. The average molecular weight is 376 g/mol. The average Bonchev–Trinajstić information content (AvgIpc) is 2.64. The van der Waals surface area contributed by atoms with Crippen LogP contribution in [0.5, 0.6) is 11.5 Å². The molecule has 0 aliphatic heterocycles. The van der Waals surface area contributed by atoms with Gasteiger partial charge in [0.1, 0.15) is 11.5 Å². The van der Waals surface area contributed by atoms with Crippen LogP contribution in [0.25, 0.3) is 0 Å². The Hall–Kier alpha value is -2.20. The highest BCUT2D eigenvalue weighted by Gasteiger charge is 2.05. The summed E-state index contributed by atoms with van der Waals surface area (Å²) in [5.41, 5.74) is 1.62. The van der Waals surface area contributed by atoms with Crippen LogP contribution < -0.4 is 14.8 Å². The van der Waals surface area contributed by atoms with E-state index in [0.717, 1.165) is 24.3 Å². The lowest BCUT2D eigenvalue weighted by atomic mass is 10.2. The molecule has 2 aromatic carbocycles. The molecule has 0 unspecified atom stereocenters. The summed E-state index contributed by atoms with van der Waals surface area (Å²) in [5, 5.41) is 3.48. The molecule has 0 saturated heterocycles. The smallest absolute Gasteiger partial charge is 0.262 e. The molecule has 1 amide bonds. The monoisotopic (exact) mass is 375 g/mol. The fourth-order valence-corrected chi connectivity index (χ4v) is 2.52. The molecule has 0 bridgehead atoms. The number of hydrogen-bond donors (Lipinski definition) is 1. The SMILES string of the molecule is CCCCCCOc1ccc(NC(=O)COc2ccc(Cl)c(C)c2)cc1. The Morgan fingerprint density at radius 1 is 1.00 bits per heavy atom. The molecule has 0 atom stereocenters. The molecule has 0 spiro atoms. The fraction of sp³-hybridized carbons (Fsp3) is 0.381. The van der Waals surface area contributed by atoms with Crippen LogP contribution in [0.2, 0.25) is 5.02 Å². The zero-order valence-electron chi connectivity index (χ0n) is 15.4. The van der Waals surface area contributed by atoms with Crippen molar-refractivity contribution in [2.45, 2.75) is 39.5 Å². The topological polar surface area (TPSA) is 47.6 Å². The third kappa shape index (κ3) is 6.96. The van der Waals surface area contributed by atoms with Crippen molar-refractivity contribution in [1.82, 2.24) is 0 Å². The van der Waals surface area contributed by atoms with E-state index in [2.05, 4.69) is 12.2 Å². The summed E-state index contributed by atoms with van der Waals surface area (Å²) in [6, 6.07) is 12.7. The van der Waals surface area contributed by atoms with E-state index in [1.54, 1.807) is 12.1 Å². The van der Waals surface area contributed by atoms with Gasteiger partial charge in [0.15, 0.2) is 6.61 Å². The number of halogens is 1. The first kappa shape index (κ1) is 20.1. The fourth-order valence-electron chi connectivity index (χ4n) is 2.41. The standard InChI is InChI=1S/C21H26ClNO3/c1-3-4-5-6-13-25-18-9-7-17(8-10-18)23-21(24)15-26-19-11-12-20(22)16(2)14-19/h7-12,14H,3-6,13,15H2,1-2H3,(H,23,24). The van der Waals surface area contributed by atoms with Crippen molar-refractivity contribution in [3.63, 3.8) is 0 Å². The van der Waals surface area contributed by atoms with Crippen molar-refractivity contribution in [3.8, 4) is 11.5 Å². The van der Waals surface area contributed by atoms with Gasteiger partial charge in [0.05, 0.1) is 6.61 Å². The highest BCUT2D eigenvalue weighted by atomic mass is 35.5. The Kier molecular flexibility index (Phi) is 8.29. The number of carbonyl (C=O) groups excluding carboxylic acids is 1. The van der Waals surface area contributed by atoms with Crippen molar-refractivity contribution in [3.05, 3.63) is 53.1 Å². The zero-order chi connectivity index (χ0) is 18.8. The third-order valence-corrected chi connectivity index (χ3v) is 4.33. The van der Waals surface area contributed by atoms with E-state index in [4.69, 9.17) is 21.1 Å². The van der Waals surface area contributed by atoms with Gasteiger partial charge in [-0.3, -0.25) is 4.79 Å². The first-order valence-corrected chi connectivity index (χ1v) is 9.38. The molecule has 0 aliphatic carbocycles. The van der Waals surface area contributed by atoms with E-state index in [1.807, 2.05) is 37.3 Å². The van der Waals surface area contributed by atoms with Crippen LogP contribution in [0.1, 0.15) is 38.2 Å². The number of benzene rings is 2. The van der Waals surface area contributed by atoms with E-state index in [-0.39, 0.29) is 12.5 Å². The van der Waals surface area contributed by atoms with Gasteiger partial charge in [-0.05, 0) is 61.4 Å². The summed E-state index contributed by atoms with van der Waals surface area (Å²) in [4.78, 5) is 12.0. The molecule has 2 rings (SSSR count). The van der Waals surface area contributed by atoms with Gasteiger partial charge in [0.2, 0.25) is 0 Å². The molecular formula is C21H26ClNO3. The number of amides is 1. The molecule has 5 heteroatoms. The minimum Gasteiger partial charge on any atom is -0.494 e. The molecule has 0 aliphatic rings. The van der Waals surface area contributed by atoms with Gasteiger partial charge in [-0.15, -0.1) is 0 Å². The van der Waals surface area contributed by atoms with Crippen LogP contribution in [-0.2, 0) is 4.79 Å². The van der Waals surface area contributed by atoms with Crippen molar-refractivity contribution < 1.29 is 14.3 Å². The van der Waals surface area contributed by atoms with Crippen LogP contribution in [0.4, 0.5) is 5.69 Å². The molecule has 0 heterocycles. The summed E-state index contributed by atoms with van der Waals surface area (Å²) in [5.74, 6) is 1.21. The maximum atomic E-state index is 12.0. The van der Waals surface area contributed by atoms with E-state index >= 15 is 0 Å². The van der Waals surface area contributed by atoms with Crippen LogP contribution in [-0.4, -0.2) is 19.1 Å². The Morgan fingerprint density at radius 3 is 2.42 bits per heavy atom. The normalized spacial score (nSPS) is 10.4. The largest absolute Gasteiger partial charge is 0.494 e. The number of aryl methyl sites for hydroxylation is 1. The molecular weight excluding hydrogens is 350 g/mol.